The second-order valence-corrected chi connectivity index (χ2v) is 8.22. The summed E-state index contributed by atoms with van der Waals surface area (Å²) in [4.78, 5) is 13.7. The lowest BCUT2D eigenvalue weighted by atomic mass is 9.74. The number of benzene rings is 2. The summed E-state index contributed by atoms with van der Waals surface area (Å²) in [5.74, 6) is -0.740. The molecule has 1 aliphatic carbocycles. The van der Waals surface area contributed by atoms with E-state index in [-0.39, 0.29) is 30.4 Å². The van der Waals surface area contributed by atoms with Gasteiger partial charge < -0.3 is 10.4 Å². The minimum absolute atomic E-state index is 0. The lowest BCUT2D eigenvalue weighted by Crippen LogP contribution is -2.50. The zero-order valence-electron chi connectivity index (χ0n) is 17.4. The standard InChI is InChI=1S/C24H32N2O2.ClH/c1-26(2)24(20-11-7-4-8-12-20)15-13-21(14-16-24)25-22(18-23(27)28)17-19-9-5-3-6-10-19;/h3-12,21-22,25H,13-18H2,1-2H3,(H,27,28);1H/t21?,22-,24?;/m0./s1. The SMILES string of the molecule is CN(C)C1(c2ccccc2)CCC(N[C@H](CC(=O)O)Cc2ccccc2)CC1.Cl. The van der Waals surface area contributed by atoms with E-state index in [1.165, 1.54) is 11.1 Å². The smallest absolute Gasteiger partial charge is 0.304 e. The van der Waals surface area contributed by atoms with Crippen molar-refractivity contribution in [3.05, 3.63) is 71.8 Å². The summed E-state index contributed by atoms with van der Waals surface area (Å²) in [5, 5.41) is 13.0. The Kier molecular flexibility index (Phi) is 8.69. The van der Waals surface area contributed by atoms with Gasteiger partial charge in [0.25, 0.3) is 0 Å². The third kappa shape index (κ3) is 6.05. The van der Waals surface area contributed by atoms with Gasteiger partial charge in [0.15, 0.2) is 0 Å². The molecule has 0 unspecified atom stereocenters. The molecule has 0 aliphatic heterocycles. The Balaban J connectivity index is 0.00000300. The molecular formula is C24H33ClN2O2. The summed E-state index contributed by atoms with van der Waals surface area (Å²) in [5.41, 5.74) is 2.63. The molecule has 5 heteroatoms. The number of carboxylic acid groups (broad SMARTS) is 1. The number of nitrogens with one attached hydrogen (secondary N) is 1. The van der Waals surface area contributed by atoms with Gasteiger partial charge in [-0.25, -0.2) is 0 Å². The van der Waals surface area contributed by atoms with Crippen molar-refractivity contribution in [3.8, 4) is 0 Å². The van der Waals surface area contributed by atoms with Crippen LogP contribution in [-0.4, -0.2) is 42.2 Å². The highest BCUT2D eigenvalue weighted by Crippen LogP contribution is 2.41. The number of hydrogen-bond acceptors (Lipinski definition) is 3. The Morgan fingerprint density at radius 2 is 1.62 bits per heavy atom. The number of halogens is 1. The van der Waals surface area contributed by atoms with Gasteiger partial charge in [-0.1, -0.05) is 60.7 Å². The average molecular weight is 417 g/mol. The van der Waals surface area contributed by atoms with Gasteiger partial charge in [-0.05, 0) is 57.3 Å². The van der Waals surface area contributed by atoms with E-state index in [0.29, 0.717) is 6.04 Å². The van der Waals surface area contributed by atoms with E-state index in [2.05, 4.69) is 66.8 Å². The largest absolute Gasteiger partial charge is 0.481 e. The van der Waals surface area contributed by atoms with Crippen molar-refractivity contribution in [2.24, 2.45) is 0 Å². The highest BCUT2D eigenvalue weighted by molar-refractivity contribution is 5.85. The van der Waals surface area contributed by atoms with Crippen LogP contribution in [0.3, 0.4) is 0 Å². The predicted molar refractivity (Wildman–Crippen MR) is 121 cm³/mol. The fourth-order valence-corrected chi connectivity index (χ4v) is 4.64. The van der Waals surface area contributed by atoms with E-state index in [4.69, 9.17) is 0 Å². The van der Waals surface area contributed by atoms with Crippen molar-refractivity contribution in [2.45, 2.75) is 56.1 Å². The monoisotopic (exact) mass is 416 g/mol. The number of nitrogens with zero attached hydrogens (tertiary/aromatic N) is 1. The van der Waals surface area contributed by atoms with Crippen LogP contribution >= 0.6 is 12.4 Å². The molecular weight excluding hydrogens is 384 g/mol. The van der Waals surface area contributed by atoms with Gasteiger partial charge in [-0.15, -0.1) is 12.4 Å². The highest BCUT2D eigenvalue weighted by atomic mass is 35.5. The molecule has 2 aromatic carbocycles. The first kappa shape index (κ1) is 23.4. The van der Waals surface area contributed by atoms with E-state index in [9.17, 15) is 9.90 Å². The molecule has 1 atom stereocenters. The van der Waals surface area contributed by atoms with Gasteiger partial charge in [-0.3, -0.25) is 9.69 Å². The van der Waals surface area contributed by atoms with Crippen LogP contribution in [0.5, 0.6) is 0 Å². The molecule has 4 nitrogen and oxygen atoms in total. The van der Waals surface area contributed by atoms with Crippen molar-refractivity contribution in [2.75, 3.05) is 14.1 Å². The van der Waals surface area contributed by atoms with Crippen molar-refractivity contribution in [1.82, 2.24) is 10.2 Å². The first-order valence-electron chi connectivity index (χ1n) is 10.2. The minimum atomic E-state index is -0.740. The molecule has 1 aliphatic rings. The van der Waals surface area contributed by atoms with Crippen molar-refractivity contribution >= 4 is 18.4 Å². The highest BCUT2D eigenvalue weighted by Gasteiger charge is 2.39. The Morgan fingerprint density at radius 3 is 2.14 bits per heavy atom. The number of hydrogen-bond donors (Lipinski definition) is 2. The molecule has 0 heterocycles. The molecule has 0 aromatic heterocycles. The summed E-state index contributed by atoms with van der Waals surface area (Å²) in [6.45, 7) is 0. The molecule has 0 amide bonds. The first-order chi connectivity index (χ1) is 13.5. The molecule has 1 fully saturated rings. The van der Waals surface area contributed by atoms with Crippen molar-refractivity contribution in [1.29, 1.82) is 0 Å². The summed E-state index contributed by atoms with van der Waals surface area (Å²) >= 11 is 0. The van der Waals surface area contributed by atoms with Gasteiger partial charge in [0.1, 0.15) is 0 Å². The molecule has 0 bridgehead atoms. The average Bonchev–Trinajstić information content (AvgIpc) is 2.69. The van der Waals surface area contributed by atoms with Crippen LogP contribution in [0.15, 0.2) is 60.7 Å². The Hall–Kier alpha value is -1.88. The summed E-state index contributed by atoms with van der Waals surface area (Å²) in [6.07, 6.45) is 5.17. The molecule has 2 N–H and O–H groups in total. The van der Waals surface area contributed by atoms with Crippen LogP contribution in [0.2, 0.25) is 0 Å². The molecule has 29 heavy (non-hydrogen) atoms. The Bertz CT molecular complexity index is 744. The molecule has 3 rings (SSSR count). The lowest BCUT2D eigenvalue weighted by molar-refractivity contribution is -0.137. The molecule has 0 spiro atoms. The van der Waals surface area contributed by atoms with E-state index in [1.54, 1.807) is 0 Å². The Morgan fingerprint density at radius 1 is 1.07 bits per heavy atom. The minimum Gasteiger partial charge on any atom is -0.481 e. The van der Waals surface area contributed by atoms with E-state index >= 15 is 0 Å². The second-order valence-electron chi connectivity index (χ2n) is 8.22. The summed E-state index contributed by atoms with van der Waals surface area (Å²) < 4.78 is 0. The second kappa shape index (κ2) is 10.8. The maximum Gasteiger partial charge on any atom is 0.304 e. The van der Waals surface area contributed by atoms with Crippen LogP contribution in [-0.2, 0) is 16.8 Å². The molecule has 158 valence electrons. The predicted octanol–water partition coefficient (Wildman–Crippen LogP) is 4.48. The third-order valence-corrected chi connectivity index (χ3v) is 6.20. The maximum atomic E-state index is 11.4. The fraction of sp³-hybridized carbons (Fsp3) is 0.458. The van der Waals surface area contributed by atoms with Gasteiger partial charge in [-0.2, -0.15) is 0 Å². The molecule has 0 saturated heterocycles. The number of carbonyl (C=O) groups is 1. The normalized spacial score (nSPS) is 22.7. The number of rotatable bonds is 8. The van der Waals surface area contributed by atoms with Crippen LogP contribution < -0.4 is 5.32 Å². The topological polar surface area (TPSA) is 52.6 Å². The summed E-state index contributed by atoms with van der Waals surface area (Å²) in [6, 6.07) is 21.3. The maximum absolute atomic E-state index is 11.4. The quantitative estimate of drug-likeness (QED) is 0.666. The zero-order chi connectivity index (χ0) is 20.0. The van der Waals surface area contributed by atoms with Crippen molar-refractivity contribution < 1.29 is 9.90 Å². The van der Waals surface area contributed by atoms with Gasteiger partial charge in [0.05, 0.1) is 6.42 Å². The van der Waals surface area contributed by atoms with E-state index < -0.39 is 5.97 Å². The van der Waals surface area contributed by atoms with Crippen LogP contribution in [0.25, 0.3) is 0 Å². The van der Waals surface area contributed by atoms with Gasteiger partial charge in [0.2, 0.25) is 0 Å². The number of carboxylic acids is 1. The zero-order valence-corrected chi connectivity index (χ0v) is 18.2. The molecule has 0 radical (unpaired) electrons. The molecule has 1 saturated carbocycles. The van der Waals surface area contributed by atoms with Gasteiger partial charge >= 0.3 is 5.97 Å². The fourth-order valence-electron chi connectivity index (χ4n) is 4.64. The number of aliphatic carboxylic acids is 1. The first-order valence-corrected chi connectivity index (χ1v) is 10.2. The van der Waals surface area contributed by atoms with Crippen LogP contribution in [0.1, 0.15) is 43.2 Å². The Labute approximate surface area is 180 Å². The third-order valence-electron chi connectivity index (χ3n) is 6.20. The van der Waals surface area contributed by atoms with E-state index in [0.717, 1.165) is 32.1 Å². The summed E-state index contributed by atoms with van der Waals surface area (Å²) in [7, 11) is 4.34. The van der Waals surface area contributed by atoms with Crippen LogP contribution in [0.4, 0.5) is 0 Å². The van der Waals surface area contributed by atoms with Gasteiger partial charge in [0, 0.05) is 17.6 Å². The van der Waals surface area contributed by atoms with Crippen molar-refractivity contribution in [3.63, 3.8) is 0 Å². The van der Waals surface area contributed by atoms with E-state index in [1.807, 2.05) is 18.2 Å². The van der Waals surface area contributed by atoms with Crippen LogP contribution in [0, 0.1) is 0 Å². The lowest BCUT2D eigenvalue weighted by Gasteiger charge is -2.46. The molecule has 2 aromatic rings.